The molecule has 0 radical (unpaired) electrons. The largest absolute Gasteiger partial charge is 0.399 e. The van der Waals surface area contributed by atoms with E-state index in [9.17, 15) is 4.79 Å². The Kier molecular flexibility index (Phi) is 3.31. The van der Waals surface area contributed by atoms with Gasteiger partial charge in [0.2, 0.25) is 0 Å². The number of nitrogens with two attached hydrogens (primary N) is 1. The molecule has 3 rings (SSSR count). The molecule has 0 fully saturated rings. The molecule has 106 valence electrons. The molecule has 0 unspecified atom stereocenters. The Morgan fingerprint density at radius 1 is 1.33 bits per heavy atom. The lowest BCUT2D eigenvalue weighted by Gasteiger charge is -2.06. The molecule has 5 nitrogen and oxygen atoms in total. The monoisotopic (exact) mass is 280 g/mol. The molecule has 0 saturated heterocycles. The normalized spacial score (nSPS) is 10.7. The van der Waals surface area contributed by atoms with Gasteiger partial charge in [-0.05, 0) is 48.4 Å². The molecular weight excluding hydrogens is 264 g/mol. The van der Waals surface area contributed by atoms with Crippen molar-refractivity contribution in [3.8, 4) is 0 Å². The number of nitrogen functional groups attached to an aromatic ring is 1. The quantitative estimate of drug-likeness (QED) is 0.644. The Morgan fingerprint density at radius 2 is 2.19 bits per heavy atom. The van der Waals surface area contributed by atoms with Crippen molar-refractivity contribution in [3.63, 3.8) is 0 Å². The Bertz CT molecular complexity index is 807. The lowest BCUT2D eigenvalue weighted by molar-refractivity contribution is 0.0946. The molecule has 2 aromatic heterocycles. The van der Waals surface area contributed by atoms with E-state index in [2.05, 4.69) is 15.3 Å². The van der Waals surface area contributed by atoms with E-state index in [0.717, 1.165) is 22.0 Å². The predicted molar refractivity (Wildman–Crippen MR) is 82.9 cm³/mol. The fraction of sp³-hybridized carbons (Fsp3) is 0.125. The molecule has 0 aliphatic carbocycles. The van der Waals surface area contributed by atoms with E-state index in [0.29, 0.717) is 17.9 Å². The van der Waals surface area contributed by atoms with Crippen molar-refractivity contribution < 1.29 is 4.79 Å². The SMILES string of the molecule is Cc1cnccc1CNC(=O)c1cc2cc(N)ccc2[nH]1. The minimum absolute atomic E-state index is 0.138. The minimum Gasteiger partial charge on any atom is -0.399 e. The highest BCUT2D eigenvalue weighted by molar-refractivity contribution is 5.98. The van der Waals surface area contributed by atoms with Gasteiger partial charge in [0.15, 0.2) is 0 Å². The van der Waals surface area contributed by atoms with Gasteiger partial charge in [0.1, 0.15) is 5.69 Å². The summed E-state index contributed by atoms with van der Waals surface area (Å²) in [5, 5.41) is 3.83. The average molecular weight is 280 g/mol. The van der Waals surface area contributed by atoms with Crippen LogP contribution in [0, 0.1) is 6.92 Å². The number of nitrogens with zero attached hydrogens (tertiary/aromatic N) is 1. The van der Waals surface area contributed by atoms with Gasteiger partial charge in [-0.25, -0.2) is 0 Å². The van der Waals surface area contributed by atoms with E-state index in [1.807, 2.05) is 25.1 Å². The molecule has 0 atom stereocenters. The van der Waals surface area contributed by atoms with Gasteiger partial charge < -0.3 is 16.0 Å². The van der Waals surface area contributed by atoms with Gasteiger partial charge in [0, 0.05) is 35.5 Å². The van der Waals surface area contributed by atoms with Crippen molar-refractivity contribution in [2.24, 2.45) is 0 Å². The van der Waals surface area contributed by atoms with E-state index in [4.69, 9.17) is 5.73 Å². The number of aryl methyl sites for hydroxylation is 1. The summed E-state index contributed by atoms with van der Waals surface area (Å²) in [5.41, 5.74) is 9.96. The molecule has 1 amide bonds. The standard InChI is InChI=1S/C16H16N4O/c1-10-8-18-5-4-11(10)9-19-16(21)15-7-12-6-13(17)2-3-14(12)20-15/h2-8,20H,9,17H2,1H3,(H,19,21). The van der Waals surface area contributed by atoms with Gasteiger partial charge in [0.05, 0.1) is 0 Å². The number of carbonyl (C=O) groups is 1. The highest BCUT2D eigenvalue weighted by Gasteiger charge is 2.09. The first-order valence-electron chi connectivity index (χ1n) is 6.69. The van der Waals surface area contributed by atoms with Gasteiger partial charge in [-0.1, -0.05) is 0 Å². The number of aromatic amines is 1. The van der Waals surface area contributed by atoms with Crippen LogP contribution in [0.1, 0.15) is 21.6 Å². The molecule has 0 aliphatic heterocycles. The van der Waals surface area contributed by atoms with E-state index in [-0.39, 0.29) is 5.91 Å². The Morgan fingerprint density at radius 3 is 3.00 bits per heavy atom. The second kappa shape index (κ2) is 5.28. The number of aromatic nitrogens is 2. The number of rotatable bonds is 3. The molecule has 2 heterocycles. The molecule has 3 aromatic rings. The van der Waals surface area contributed by atoms with E-state index < -0.39 is 0 Å². The number of H-pyrrole nitrogens is 1. The fourth-order valence-electron chi connectivity index (χ4n) is 2.24. The molecular formula is C16H16N4O. The number of hydrogen-bond donors (Lipinski definition) is 3. The van der Waals surface area contributed by atoms with E-state index in [1.54, 1.807) is 24.5 Å². The third-order valence-electron chi connectivity index (χ3n) is 3.47. The van der Waals surface area contributed by atoms with Crippen LogP contribution >= 0.6 is 0 Å². The van der Waals surface area contributed by atoms with Gasteiger partial charge >= 0.3 is 0 Å². The summed E-state index contributed by atoms with van der Waals surface area (Å²) in [6.45, 7) is 2.45. The van der Waals surface area contributed by atoms with E-state index >= 15 is 0 Å². The molecule has 0 spiro atoms. The molecule has 5 heteroatoms. The summed E-state index contributed by atoms with van der Waals surface area (Å²) in [6, 6.07) is 9.23. The van der Waals surface area contributed by atoms with Gasteiger partial charge in [-0.2, -0.15) is 0 Å². The first-order valence-corrected chi connectivity index (χ1v) is 6.69. The zero-order chi connectivity index (χ0) is 14.8. The van der Waals surface area contributed by atoms with Gasteiger partial charge in [-0.3, -0.25) is 9.78 Å². The molecule has 0 aliphatic rings. The summed E-state index contributed by atoms with van der Waals surface area (Å²) >= 11 is 0. The number of anilines is 1. The Hall–Kier alpha value is -2.82. The van der Waals surface area contributed by atoms with Gasteiger partial charge in [0.25, 0.3) is 5.91 Å². The molecule has 21 heavy (non-hydrogen) atoms. The topological polar surface area (TPSA) is 83.8 Å². The minimum atomic E-state index is -0.138. The van der Waals surface area contributed by atoms with Crippen LogP contribution in [0.2, 0.25) is 0 Å². The van der Waals surface area contributed by atoms with Crippen LogP contribution in [-0.2, 0) is 6.54 Å². The predicted octanol–water partition coefficient (Wildman–Crippen LogP) is 2.38. The highest BCUT2D eigenvalue weighted by atomic mass is 16.1. The summed E-state index contributed by atoms with van der Waals surface area (Å²) in [4.78, 5) is 19.3. The first-order chi connectivity index (χ1) is 10.1. The van der Waals surface area contributed by atoms with E-state index in [1.165, 1.54) is 0 Å². The fourth-order valence-corrected chi connectivity index (χ4v) is 2.24. The van der Waals surface area contributed by atoms with Crippen LogP contribution in [0.5, 0.6) is 0 Å². The number of pyridine rings is 1. The van der Waals surface area contributed by atoms with Crippen molar-refractivity contribution in [3.05, 3.63) is 59.5 Å². The van der Waals surface area contributed by atoms with Crippen molar-refractivity contribution in [1.29, 1.82) is 0 Å². The molecule has 4 N–H and O–H groups in total. The van der Waals surface area contributed by atoms with Gasteiger partial charge in [-0.15, -0.1) is 0 Å². The maximum atomic E-state index is 12.2. The van der Waals surface area contributed by atoms with Crippen molar-refractivity contribution >= 4 is 22.5 Å². The van der Waals surface area contributed by atoms with Crippen LogP contribution < -0.4 is 11.1 Å². The number of amides is 1. The van der Waals surface area contributed by atoms with Crippen LogP contribution in [0.3, 0.4) is 0 Å². The summed E-state index contributed by atoms with van der Waals surface area (Å²) < 4.78 is 0. The molecule has 0 bridgehead atoms. The smallest absolute Gasteiger partial charge is 0.267 e. The third kappa shape index (κ3) is 2.72. The Balaban J connectivity index is 1.76. The number of fused-ring (bicyclic) bond motifs is 1. The second-order valence-corrected chi connectivity index (χ2v) is 5.01. The molecule has 1 aromatic carbocycles. The lowest BCUT2D eigenvalue weighted by Crippen LogP contribution is -2.23. The van der Waals surface area contributed by atoms with Crippen molar-refractivity contribution in [2.75, 3.05) is 5.73 Å². The second-order valence-electron chi connectivity index (χ2n) is 5.01. The zero-order valence-electron chi connectivity index (χ0n) is 11.7. The Labute approximate surface area is 122 Å². The van der Waals surface area contributed by atoms with Crippen molar-refractivity contribution in [1.82, 2.24) is 15.3 Å². The zero-order valence-corrected chi connectivity index (χ0v) is 11.7. The summed E-state index contributed by atoms with van der Waals surface area (Å²) in [5.74, 6) is -0.138. The number of carbonyl (C=O) groups excluding carboxylic acids is 1. The highest BCUT2D eigenvalue weighted by Crippen LogP contribution is 2.18. The summed E-state index contributed by atoms with van der Waals surface area (Å²) in [6.07, 6.45) is 3.51. The van der Waals surface area contributed by atoms with Crippen LogP contribution in [0.15, 0.2) is 42.7 Å². The van der Waals surface area contributed by atoms with Crippen molar-refractivity contribution in [2.45, 2.75) is 13.5 Å². The van der Waals surface area contributed by atoms with Crippen LogP contribution in [0.25, 0.3) is 10.9 Å². The first kappa shape index (κ1) is 13.2. The maximum Gasteiger partial charge on any atom is 0.267 e. The van der Waals surface area contributed by atoms with Crippen LogP contribution in [0.4, 0.5) is 5.69 Å². The maximum absolute atomic E-state index is 12.2. The number of nitrogens with one attached hydrogen (secondary N) is 2. The number of benzene rings is 1. The third-order valence-corrected chi connectivity index (χ3v) is 3.47. The summed E-state index contributed by atoms with van der Waals surface area (Å²) in [7, 11) is 0. The molecule has 0 saturated carbocycles. The number of hydrogen-bond acceptors (Lipinski definition) is 3. The lowest BCUT2D eigenvalue weighted by atomic mass is 10.1. The van der Waals surface area contributed by atoms with Crippen LogP contribution in [-0.4, -0.2) is 15.9 Å². The average Bonchev–Trinajstić information content (AvgIpc) is 2.89.